The van der Waals surface area contributed by atoms with Crippen LogP contribution in [-0.2, 0) is 40.4 Å². The summed E-state index contributed by atoms with van der Waals surface area (Å²) < 4.78 is 69.8. The second-order valence-electron chi connectivity index (χ2n) is 9.43. The van der Waals surface area contributed by atoms with Gasteiger partial charge in [0.25, 0.3) is 0 Å². The molecule has 0 aromatic heterocycles. The summed E-state index contributed by atoms with van der Waals surface area (Å²) >= 11 is 1.16. The van der Waals surface area contributed by atoms with E-state index in [1.54, 1.807) is 25.5 Å². The minimum Gasteiger partial charge on any atom is -0.480 e. The Morgan fingerprint density at radius 1 is 1.27 bits per heavy atom. The average molecular weight is 624 g/mol. The number of nitrogens with zero attached hydrogens (tertiary/aromatic N) is 1. The highest BCUT2D eigenvalue weighted by atomic mass is 32.2. The number of carboxylic acids is 1. The monoisotopic (exact) mass is 623 g/mol. The Hall–Kier alpha value is -3.28. The summed E-state index contributed by atoms with van der Waals surface area (Å²) in [7, 11) is -3.60. The molecule has 0 aliphatic carbocycles. The maximum Gasteiger partial charge on any atom is 0.422 e. The molecule has 1 aliphatic rings. The van der Waals surface area contributed by atoms with Gasteiger partial charge in [0.2, 0.25) is 0 Å². The number of carbonyl (C=O) groups excluding carboxylic acids is 2. The van der Waals surface area contributed by atoms with Crippen LogP contribution in [0.5, 0.6) is 5.75 Å². The maximum absolute atomic E-state index is 16.2. The molecule has 0 radical (unpaired) electrons. The highest BCUT2D eigenvalue weighted by molar-refractivity contribution is 7.99. The van der Waals surface area contributed by atoms with Crippen LogP contribution in [-0.4, -0.2) is 89.3 Å². The van der Waals surface area contributed by atoms with Crippen LogP contribution in [0.1, 0.15) is 26.3 Å². The van der Waals surface area contributed by atoms with Gasteiger partial charge in [0.1, 0.15) is 24.4 Å². The largest absolute Gasteiger partial charge is 0.480 e. The standard InChI is InChI=1S/C24H34FN3O11S2/c1-6-7-37-23(32)27-41(33,34)28(12-19(29)30)21-17(38-14-36-9-8-35-5)11-18-16(20(21)25)10-15(13-40-18)26-22(31)39-24(2,3)4/h6,11,15H,1,7-10,12-14H2,2-5H3,(H,26,31)(H,27,32)(H,29,30)/t15-/m0/s1. The molecular formula is C24H34FN3O11S2. The predicted octanol–water partition coefficient (Wildman–Crippen LogP) is 2.41. The number of halogens is 1. The molecule has 1 aromatic carbocycles. The lowest BCUT2D eigenvalue weighted by molar-refractivity contribution is -0.135. The normalized spacial score (nSPS) is 14.8. The number of alkyl carbamates (subject to hydrolysis) is 1. The van der Waals surface area contributed by atoms with Crippen molar-refractivity contribution >= 4 is 45.8 Å². The van der Waals surface area contributed by atoms with Gasteiger partial charge in [0, 0.05) is 29.4 Å². The molecule has 0 unspecified atom stereocenters. The van der Waals surface area contributed by atoms with E-state index < -0.39 is 64.9 Å². The van der Waals surface area contributed by atoms with Gasteiger partial charge in [-0.15, -0.1) is 11.8 Å². The minimum absolute atomic E-state index is 0.00946. The summed E-state index contributed by atoms with van der Waals surface area (Å²) in [5.41, 5.74) is -1.57. The number of hydrogen-bond acceptors (Lipinski definition) is 11. The van der Waals surface area contributed by atoms with Gasteiger partial charge in [0.05, 0.1) is 13.2 Å². The van der Waals surface area contributed by atoms with Crippen LogP contribution in [0.2, 0.25) is 0 Å². The van der Waals surface area contributed by atoms with Gasteiger partial charge >= 0.3 is 28.4 Å². The number of methoxy groups -OCH3 is 1. The van der Waals surface area contributed by atoms with Crippen molar-refractivity contribution in [1.29, 1.82) is 0 Å². The fraction of sp³-hybridized carbons (Fsp3) is 0.542. The minimum atomic E-state index is -5.05. The first kappa shape index (κ1) is 33.9. The molecule has 1 aromatic rings. The van der Waals surface area contributed by atoms with Crippen LogP contribution in [0.15, 0.2) is 23.6 Å². The molecule has 2 amide bonds. The van der Waals surface area contributed by atoms with Crippen molar-refractivity contribution < 1.29 is 56.0 Å². The van der Waals surface area contributed by atoms with Crippen LogP contribution < -0.4 is 19.1 Å². The zero-order valence-electron chi connectivity index (χ0n) is 23.1. The second-order valence-corrected chi connectivity index (χ2v) is 12.1. The molecule has 0 saturated carbocycles. The number of thioether (sulfide) groups is 1. The van der Waals surface area contributed by atoms with Gasteiger partial charge in [-0.2, -0.15) is 8.42 Å². The summed E-state index contributed by atoms with van der Waals surface area (Å²) in [6, 6.07) is 0.729. The van der Waals surface area contributed by atoms with Gasteiger partial charge < -0.3 is 34.1 Å². The number of hydrogen-bond donors (Lipinski definition) is 3. The number of carbonyl (C=O) groups is 3. The number of fused-ring (bicyclic) bond motifs is 1. The van der Waals surface area contributed by atoms with Gasteiger partial charge in [0.15, 0.2) is 18.4 Å². The van der Waals surface area contributed by atoms with Crippen molar-refractivity contribution in [1.82, 2.24) is 10.0 Å². The first-order chi connectivity index (χ1) is 19.2. The first-order valence-electron chi connectivity index (χ1n) is 12.2. The van der Waals surface area contributed by atoms with Crippen molar-refractivity contribution in [3.05, 3.63) is 30.1 Å². The first-order valence-corrected chi connectivity index (χ1v) is 14.6. The SMILES string of the molecule is C=CCOC(=O)NS(=O)(=O)N(CC(=O)O)c1c(OCOCCOC)cc2c(c1F)C[C@H](NC(=O)OC(C)(C)C)CS2. The van der Waals surface area contributed by atoms with Crippen molar-refractivity contribution in [2.75, 3.05) is 50.3 Å². The number of amides is 2. The molecule has 230 valence electrons. The van der Waals surface area contributed by atoms with E-state index in [1.807, 2.05) is 0 Å². The van der Waals surface area contributed by atoms with E-state index in [0.29, 0.717) is 10.6 Å². The highest BCUT2D eigenvalue weighted by Crippen LogP contribution is 2.43. The molecular weight excluding hydrogens is 589 g/mol. The fourth-order valence-corrected chi connectivity index (χ4v) is 5.59. The smallest absolute Gasteiger partial charge is 0.422 e. The number of anilines is 1. The van der Waals surface area contributed by atoms with E-state index in [1.165, 1.54) is 19.3 Å². The van der Waals surface area contributed by atoms with Crippen LogP contribution in [0.3, 0.4) is 0 Å². The summed E-state index contributed by atoms with van der Waals surface area (Å²) in [6.07, 6.45) is -1.07. The molecule has 1 heterocycles. The van der Waals surface area contributed by atoms with Crippen molar-refractivity contribution in [3.63, 3.8) is 0 Å². The van der Waals surface area contributed by atoms with Crippen LogP contribution >= 0.6 is 11.8 Å². The quantitative estimate of drug-likeness (QED) is 0.157. The van der Waals surface area contributed by atoms with E-state index in [0.717, 1.165) is 11.8 Å². The molecule has 0 fully saturated rings. The highest BCUT2D eigenvalue weighted by Gasteiger charge is 2.36. The molecule has 17 heteroatoms. The van der Waals surface area contributed by atoms with E-state index >= 15 is 4.39 Å². The summed E-state index contributed by atoms with van der Waals surface area (Å²) in [6.45, 7) is 6.61. The van der Waals surface area contributed by atoms with Crippen LogP contribution in [0.25, 0.3) is 0 Å². The molecule has 41 heavy (non-hydrogen) atoms. The van der Waals surface area contributed by atoms with Gasteiger partial charge in [-0.05, 0) is 33.3 Å². The third kappa shape index (κ3) is 10.6. The number of carboxylic acid groups (broad SMARTS) is 1. The third-order valence-corrected chi connectivity index (χ3v) is 7.53. The zero-order chi connectivity index (χ0) is 30.8. The molecule has 2 rings (SSSR count). The number of rotatable bonds is 14. The fourth-order valence-electron chi connectivity index (χ4n) is 3.40. The van der Waals surface area contributed by atoms with Crippen molar-refractivity contribution in [2.45, 2.75) is 43.7 Å². The summed E-state index contributed by atoms with van der Waals surface area (Å²) in [4.78, 5) is 36.4. The Bertz CT molecular complexity index is 1220. The van der Waals surface area contributed by atoms with E-state index in [4.69, 9.17) is 18.9 Å². The van der Waals surface area contributed by atoms with Crippen molar-refractivity contribution in [2.24, 2.45) is 0 Å². The Morgan fingerprint density at radius 3 is 2.59 bits per heavy atom. The van der Waals surface area contributed by atoms with Gasteiger partial charge in [-0.25, -0.2) is 23.0 Å². The lowest BCUT2D eigenvalue weighted by Gasteiger charge is -2.30. The zero-order valence-corrected chi connectivity index (χ0v) is 24.7. The maximum atomic E-state index is 16.2. The third-order valence-electron chi connectivity index (χ3n) is 4.97. The predicted molar refractivity (Wildman–Crippen MR) is 146 cm³/mol. The lowest BCUT2D eigenvalue weighted by Crippen LogP contribution is -2.47. The average Bonchev–Trinajstić information content (AvgIpc) is 2.85. The second kappa shape index (κ2) is 15.1. The topological polar surface area (TPSA) is 179 Å². The molecule has 0 saturated heterocycles. The Kier molecular flexibility index (Phi) is 12.5. The molecule has 14 nitrogen and oxygen atoms in total. The molecule has 0 spiro atoms. The Balaban J connectivity index is 2.53. The molecule has 3 N–H and O–H groups in total. The molecule has 0 bridgehead atoms. The van der Waals surface area contributed by atoms with Crippen LogP contribution in [0.4, 0.5) is 19.7 Å². The Morgan fingerprint density at radius 2 is 1.98 bits per heavy atom. The number of ether oxygens (including phenoxy) is 5. The number of nitrogens with one attached hydrogen (secondary N) is 2. The lowest BCUT2D eigenvalue weighted by atomic mass is 10.0. The van der Waals surface area contributed by atoms with Crippen LogP contribution in [0, 0.1) is 5.82 Å². The summed E-state index contributed by atoms with van der Waals surface area (Å²) in [5.74, 6) is -2.84. The summed E-state index contributed by atoms with van der Waals surface area (Å²) in [5, 5.41) is 12.1. The number of benzene rings is 1. The van der Waals surface area contributed by atoms with Crippen molar-refractivity contribution in [3.8, 4) is 5.75 Å². The van der Waals surface area contributed by atoms with E-state index in [9.17, 15) is 27.9 Å². The van der Waals surface area contributed by atoms with Gasteiger partial charge in [-0.1, -0.05) is 12.7 Å². The molecule has 1 atom stereocenters. The van der Waals surface area contributed by atoms with Gasteiger partial charge in [-0.3, -0.25) is 4.79 Å². The van der Waals surface area contributed by atoms with E-state index in [2.05, 4.69) is 16.6 Å². The van der Waals surface area contributed by atoms with E-state index in [-0.39, 0.29) is 41.9 Å². The molecule has 1 aliphatic heterocycles. The Labute approximate surface area is 241 Å². The number of aliphatic carboxylic acids is 1.